The van der Waals surface area contributed by atoms with Crippen LogP contribution >= 0.6 is 27.5 Å². The van der Waals surface area contributed by atoms with Gasteiger partial charge in [-0.05, 0) is 42.3 Å². The van der Waals surface area contributed by atoms with Crippen molar-refractivity contribution in [3.8, 4) is 0 Å². The van der Waals surface area contributed by atoms with Crippen LogP contribution in [0.1, 0.15) is 24.1 Å². The summed E-state index contributed by atoms with van der Waals surface area (Å²) in [7, 11) is 2.06. The maximum atomic E-state index is 6.02. The largest absolute Gasteiger partial charge is 0.370 e. The number of rotatable bonds is 4. The first-order valence-corrected chi connectivity index (χ1v) is 7.65. The van der Waals surface area contributed by atoms with Gasteiger partial charge in [0.05, 0.1) is 0 Å². The first kappa shape index (κ1) is 15.4. The fourth-order valence-electron chi connectivity index (χ4n) is 2.12. The second-order valence-electron chi connectivity index (χ2n) is 4.98. The van der Waals surface area contributed by atoms with Crippen molar-refractivity contribution in [3.05, 3.63) is 63.1 Å². The zero-order valence-corrected chi connectivity index (χ0v) is 13.9. The maximum absolute atomic E-state index is 6.02. The predicted octanol–water partition coefficient (Wildman–Crippen LogP) is 4.76. The van der Waals surface area contributed by atoms with Crippen LogP contribution in [-0.2, 0) is 6.54 Å². The van der Waals surface area contributed by atoms with Crippen LogP contribution in [-0.4, -0.2) is 7.05 Å². The van der Waals surface area contributed by atoms with Crippen molar-refractivity contribution in [1.82, 2.24) is 0 Å². The first-order valence-electron chi connectivity index (χ1n) is 6.48. The summed E-state index contributed by atoms with van der Waals surface area (Å²) in [5.41, 5.74) is 9.37. The monoisotopic (exact) mass is 352 g/mol. The van der Waals surface area contributed by atoms with Gasteiger partial charge in [0.1, 0.15) is 0 Å². The van der Waals surface area contributed by atoms with Gasteiger partial charge in [0.2, 0.25) is 0 Å². The lowest BCUT2D eigenvalue weighted by Gasteiger charge is -2.21. The molecule has 0 aliphatic heterocycles. The van der Waals surface area contributed by atoms with Gasteiger partial charge in [-0.2, -0.15) is 0 Å². The van der Waals surface area contributed by atoms with E-state index in [0.29, 0.717) is 0 Å². The Hall–Kier alpha value is -1.03. The number of benzene rings is 2. The third-order valence-electron chi connectivity index (χ3n) is 3.22. The van der Waals surface area contributed by atoms with Crippen molar-refractivity contribution >= 4 is 33.2 Å². The summed E-state index contributed by atoms with van der Waals surface area (Å²) in [5.74, 6) is 0. The van der Waals surface area contributed by atoms with Crippen molar-refractivity contribution in [2.45, 2.75) is 19.5 Å². The lowest BCUT2D eigenvalue weighted by Crippen LogP contribution is -2.16. The molecule has 1 atom stereocenters. The number of hydrogen-bond donors (Lipinski definition) is 1. The van der Waals surface area contributed by atoms with Gasteiger partial charge in [0.25, 0.3) is 0 Å². The second-order valence-corrected chi connectivity index (χ2v) is 6.27. The highest BCUT2D eigenvalue weighted by atomic mass is 79.9. The Morgan fingerprint density at radius 1 is 1.25 bits per heavy atom. The maximum Gasteiger partial charge on any atom is 0.0426 e. The van der Waals surface area contributed by atoms with Gasteiger partial charge >= 0.3 is 0 Å². The van der Waals surface area contributed by atoms with E-state index < -0.39 is 0 Å². The minimum atomic E-state index is 0.0247. The summed E-state index contributed by atoms with van der Waals surface area (Å²) >= 11 is 9.60. The van der Waals surface area contributed by atoms with E-state index in [1.807, 2.05) is 25.1 Å². The van der Waals surface area contributed by atoms with Crippen LogP contribution in [0, 0.1) is 0 Å². The molecule has 0 aliphatic carbocycles. The lowest BCUT2D eigenvalue weighted by molar-refractivity contribution is 0.812. The molecule has 0 fully saturated rings. The molecular formula is C16H18BrClN2. The molecule has 0 spiro atoms. The zero-order valence-electron chi connectivity index (χ0n) is 11.6. The van der Waals surface area contributed by atoms with Gasteiger partial charge in [-0.1, -0.05) is 45.7 Å². The molecule has 0 radical (unpaired) electrons. The zero-order chi connectivity index (χ0) is 14.7. The second kappa shape index (κ2) is 6.61. The van der Waals surface area contributed by atoms with E-state index in [1.165, 1.54) is 5.56 Å². The quantitative estimate of drug-likeness (QED) is 0.858. The minimum absolute atomic E-state index is 0.0247. The molecule has 106 valence electrons. The molecule has 20 heavy (non-hydrogen) atoms. The van der Waals surface area contributed by atoms with E-state index in [1.54, 1.807) is 0 Å². The standard InChI is InChI=1S/C16H18BrClN2/c1-11(19)15-7-6-14(9-16(15)17)20(2)10-12-4-3-5-13(18)8-12/h3-9,11H,10,19H2,1-2H3. The molecule has 2 N–H and O–H groups in total. The Kier molecular flexibility index (Phi) is 5.08. The molecule has 1 unspecified atom stereocenters. The Morgan fingerprint density at radius 2 is 2.00 bits per heavy atom. The van der Waals surface area contributed by atoms with Gasteiger partial charge in [-0.3, -0.25) is 0 Å². The average Bonchev–Trinajstić information content (AvgIpc) is 2.38. The molecular weight excluding hydrogens is 336 g/mol. The van der Waals surface area contributed by atoms with Crippen LogP contribution in [0.4, 0.5) is 5.69 Å². The van der Waals surface area contributed by atoms with E-state index in [0.717, 1.165) is 27.3 Å². The lowest BCUT2D eigenvalue weighted by atomic mass is 10.1. The van der Waals surface area contributed by atoms with E-state index in [-0.39, 0.29) is 6.04 Å². The van der Waals surface area contributed by atoms with E-state index in [2.05, 4.69) is 52.1 Å². The summed E-state index contributed by atoms with van der Waals surface area (Å²) in [5, 5.41) is 0.768. The van der Waals surface area contributed by atoms with Gasteiger partial charge in [-0.15, -0.1) is 0 Å². The van der Waals surface area contributed by atoms with E-state index in [9.17, 15) is 0 Å². The molecule has 2 rings (SSSR count). The van der Waals surface area contributed by atoms with Crippen molar-refractivity contribution < 1.29 is 0 Å². The molecule has 0 aliphatic rings. The summed E-state index contributed by atoms with van der Waals surface area (Å²) in [4.78, 5) is 2.18. The minimum Gasteiger partial charge on any atom is -0.370 e. The topological polar surface area (TPSA) is 29.3 Å². The highest BCUT2D eigenvalue weighted by Gasteiger charge is 2.08. The van der Waals surface area contributed by atoms with E-state index in [4.69, 9.17) is 17.3 Å². The molecule has 4 heteroatoms. The molecule has 2 nitrogen and oxygen atoms in total. The van der Waals surface area contributed by atoms with Crippen LogP contribution in [0.2, 0.25) is 5.02 Å². The van der Waals surface area contributed by atoms with Crippen LogP contribution in [0.15, 0.2) is 46.9 Å². The van der Waals surface area contributed by atoms with Crippen molar-refractivity contribution in [1.29, 1.82) is 0 Å². The smallest absolute Gasteiger partial charge is 0.0426 e. The Labute approximate surface area is 133 Å². The van der Waals surface area contributed by atoms with Crippen LogP contribution in [0.3, 0.4) is 0 Å². The fraction of sp³-hybridized carbons (Fsp3) is 0.250. The predicted molar refractivity (Wildman–Crippen MR) is 90.3 cm³/mol. The van der Waals surface area contributed by atoms with Gasteiger partial charge in [0.15, 0.2) is 0 Å². The van der Waals surface area contributed by atoms with Gasteiger partial charge in [-0.25, -0.2) is 0 Å². The fourth-order valence-corrected chi connectivity index (χ4v) is 3.06. The SMILES string of the molecule is CC(N)c1ccc(N(C)Cc2cccc(Cl)c2)cc1Br. The van der Waals surface area contributed by atoms with Crippen molar-refractivity contribution in [3.63, 3.8) is 0 Å². The summed E-state index contributed by atoms with van der Waals surface area (Å²) in [6.45, 7) is 2.79. The van der Waals surface area contributed by atoms with Crippen molar-refractivity contribution in [2.24, 2.45) is 5.73 Å². The molecule has 2 aromatic rings. The summed E-state index contributed by atoms with van der Waals surface area (Å²) in [6, 6.07) is 14.2. The highest BCUT2D eigenvalue weighted by Crippen LogP contribution is 2.27. The molecule has 0 aromatic heterocycles. The van der Waals surface area contributed by atoms with E-state index >= 15 is 0 Å². The normalized spacial score (nSPS) is 12.2. The molecule has 2 aromatic carbocycles. The average molecular weight is 354 g/mol. The third-order valence-corrected chi connectivity index (χ3v) is 4.15. The number of halogens is 2. The van der Waals surface area contributed by atoms with Crippen LogP contribution < -0.4 is 10.6 Å². The number of hydrogen-bond acceptors (Lipinski definition) is 2. The summed E-state index contributed by atoms with van der Waals surface area (Å²) in [6.07, 6.45) is 0. The Bertz CT molecular complexity index is 599. The van der Waals surface area contributed by atoms with Gasteiger partial charge < -0.3 is 10.6 Å². The van der Waals surface area contributed by atoms with Gasteiger partial charge in [0, 0.05) is 34.8 Å². The Balaban J connectivity index is 2.17. The molecule has 0 amide bonds. The molecule has 0 saturated carbocycles. The highest BCUT2D eigenvalue weighted by molar-refractivity contribution is 9.10. The number of nitrogens with zero attached hydrogens (tertiary/aromatic N) is 1. The first-order chi connectivity index (χ1) is 9.47. The Morgan fingerprint density at radius 3 is 2.60 bits per heavy atom. The summed E-state index contributed by atoms with van der Waals surface area (Å²) < 4.78 is 1.04. The van der Waals surface area contributed by atoms with Crippen molar-refractivity contribution in [2.75, 3.05) is 11.9 Å². The number of nitrogens with two attached hydrogens (primary N) is 1. The third kappa shape index (κ3) is 3.75. The molecule has 0 bridgehead atoms. The molecule has 0 saturated heterocycles. The van der Waals surface area contributed by atoms with Crippen LogP contribution in [0.5, 0.6) is 0 Å². The number of anilines is 1. The molecule has 0 heterocycles. The van der Waals surface area contributed by atoms with Crippen LogP contribution in [0.25, 0.3) is 0 Å².